The maximum absolute atomic E-state index is 11.8. The summed E-state index contributed by atoms with van der Waals surface area (Å²) in [4.78, 5) is 11.2. The zero-order chi connectivity index (χ0) is 10.7. The third kappa shape index (κ3) is 2.27. The number of alkyl halides is 2. The van der Waals surface area contributed by atoms with E-state index in [1.54, 1.807) is 6.92 Å². The third-order valence-corrected chi connectivity index (χ3v) is 1.67. The van der Waals surface area contributed by atoms with E-state index in [-0.39, 0.29) is 17.4 Å². The topological polar surface area (TPSA) is 44.1 Å². The summed E-state index contributed by atoms with van der Waals surface area (Å²) >= 11 is 0. The van der Waals surface area contributed by atoms with Crippen molar-refractivity contribution < 1.29 is 18.3 Å². The van der Waals surface area contributed by atoms with Gasteiger partial charge in [-0.2, -0.15) is 8.78 Å². The number of hydrogen-bond acceptors (Lipinski definition) is 3. The van der Waals surface area contributed by atoms with E-state index in [2.05, 4.69) is 9.84 Å². The fraction of sp³-hybridized carbons (Fsp3) is 0.500. The zero-order valence-electron chi connectivity index (χ0n) is 7.83. The van der Waals surface area contributed by atoms with Gasteiger partial charge in [-0.1, -0.05) is 6.92 Å². The van der Waals surface area contributed by atoms with Crippen molar-refractivity contribution in [1.29, 1.82) is 0 Å². The van der Waals surface area contributed by atoms with E-state index < -0.39 is 6.61 Å². The Morgan fingerprint density at radius 2 is 2.36 bits per heavy atom. The van der Waals surface area contributed by atoms with Crippen molar-refractivity contribution in [3.05, 3.63) is 11.8 Å². The molecule has 0 radical (unpaired) electrons. The third-order valence-electron chi connectivity index (χ3n) is 1.67. The molecule has 1 heterocycles. The van der Waals surface area contributed by atoms with Gasteiger partial charge < -0.3 is 4.74 Å². The SMILES string of the molecule is CCC(=O)c1cc(OC(F)F)nn1C. The van der Waals surface area contributed by atoms with Crippen molar-refractivity contribution in [2.24, 2.45) is 7.05 Å². The van der Waals surface area contributed by atoms with Gasteiger partial charge >= 0.3 is 6.61 Å². The van der Waals surface area contributed by atoms with Crippen LogP contribution in [0, 0.1) is 0 Å². The summed E-state index contributed by atoms with van der Waals surface area (Å²) in [6, 6.07) is 1.21. The van der Waals surface area contributed by atoms with E-state index in [9.17, 15) is 13.6 Å². The summed E-state index contributed by atoms with van der Waals surface area (Å²) in [6.07, 6.45) is 0.299. The molecule has 1 aromatic rings. The molecule has 14 heavy (non-hydrogen) atoms. The Labute approximate surface area is 79.5 Å². The fourth-order valence-electron chi connectivity index (χ4n) is 1.03. The number of halogens is 2. The van der Waals surface area contributed by atoms with Crippen molar-refractivity contribution in [1.82, 2.24) is 9.78 Å². The molecule has 0 aliphatic carbocycles. The van der Waals surface area contributed by atoms with E-state index in [0.717, 1.165) is 0 Å². The monoisotopic (exact) mass is 204 g/mol. The Hall–Kier alpha value is -1.46. The summed E-state index contributed by atoms with van der Waals surface area (Å²) in [5.41, 5.74) is 0.267. The first kappa shape index (κ1) is 10.6. The van der Waals surface area contributed by atoms with Gasteiger partial charge in [0.15, 0.2) is 5.78 Å². The highest BCUT2D eigenvalue weighted by molar-refractivity contribution is 5.94. The Morgan fingerprint density at radius 3 is 2.86 bits per heavy atom. The first-order chi connectivity index (χ1) is 6.54. The van der Waals surface area contributed by atoms with Crippen molar-refractivity contribution in [2.75, 3.05) is 0 Å². The molecule has 0 aliphatic heterocycles. The van der Waals surface area contributed by atoms with Crippen LogP contribution in [0.25, 0.3) is 0 Å². The molecule has 78 valence electrons. The quantitative estimate of drug-likeness (QED) is 0.700. The van der Waals surface area contributed by atoms with E-state index in [4.69, 9.17) is 0 Å². The summed E-state index contributed by atoms with van der Waals surface area (Å²) in [5, 5.41) is 3.61. The summed E-state index contributed by atoms with van der Waals surface area (Å²) < 4.78 is 28.9. The summed E-state index contributed by atoms with van der Waals surface area (Å²) in [5.74, 6) is -0.400. The molecular formula is C8H10F2N2O2. The molecule has 4 nitrogen and oxygen atoms in total. The first-order valence-corrected chi connectivity index (χ1v) is 4.06. The van der Waals surface area contributed by atoms with E-state index in [0.29, 0.717) is 6.42 Å². The maximum Gasteiger partial charge on any atom is 0.388 e. The second-order valence-electron chi connectivity index (χ2n) is 2.65. The van der Waals surface area contributed by atoms with Crippen LogP contribution < -0.4 is 4.74 Å². The Kier molecular flexibility index (Phi) is 3.16. The molecule has 0 aromatic carbocycles. The lowest BCUT2D eigenvalue weighted by atomic mass is 10.2. The van der Waals surface area contributed by atoms with E-state index in [1.165, 1.54) is 17.8 Å². The van der Waals surface area contributed by atoms with Gasteiger partial charge in [-0.05, 0) is 0 Å². The number of ether oxygens (including phenoxy) is 1. The number of Topliss-reactive ketones (excluding diaryl/α,β-unsaturated/α-hetero) is 1. The molecule has 0 spiro atoms. The van der Waals surface area contributed by atoms with Gasteiger partial charge in [0.25, 0.3) is 0 Å². The number of nitrogens with zero attached hydrogens (tertiary/aromatic N) is 2. The van der Waals surface area contributed by atoms with Crippen molar-refractivity contribution in [3.63, 3.8) is 0 Å². The minimum Gasteiger partial charge on any atom is -0.415 e. The van der Waals surface area contributed by atoms with E-state index >= 15 is 0 Å². The van der Waals surface area contributed by atoms with Crippen LogP contribution in [0.5, 0.6) is 5.88 Å². The van der Waals surface area contributed by atoms with Crippen LogP contribution in [-0.4, -0.2) is 22.2 Å². The molecule has 6 heteroatoms. The minimum absolute atomic E-state index is 0.163. The van der Waals surface area contributed by atoms with Gasteiger partial charge in [0, 0.05) is 19.5 Å². The minimum atomic E-state index is -2.92. The average Bonchev–Trinajstić information content (AvgIpc) is 2.44. The number of rotatable bonds is 4. The van der Waals surface area contributed by atoms with Gasteiger partial charge in [-0.3, -0.25) is 9.48 Å². The van der Waals surface area contributed by atoms with Crippen LogP contribution in [-0.2, 0) is 7.05 Å². The molecule has 0 atom stereocenters. The predicted octanol–water partition coefficient (Wildman–Crippen LogP) is 1.61. The normalized spacial score (nSPS) is 10.6. The van der Waals surface area contributed by atoms with Gasteiger partial charge in [0.1, 0.15) is 5.69 Å². The smallest absolute Gasteiger partial charge is 0.388 e. The second kappa shape index (κ2) is 4.17. The fourth-order valence-corrected chi connectivity index (χ4v) is 1.03. The first-order valence-electron chi connectivity index (χ1n) is 4.06. The van der Waals surface area contributed by atoms with Gasteiger partial charge in [-0.15, -0.1) is 5.10 Å². The van der Waals surface area contributed by atoms with Crippen LogP contribution in [0.4, 0.5) is 8.78 Å². The molecule has 0 amide bonds. The van der Waals surface area contributed by atoms with Crippen molar-refractivity contribution in [3.8, 4) is 5.88 Å². The molecule has 0 N–H and O–H groups in total. The molecule has 0 unspecified atom stereocenters. The number of hydrogen-bond donors (Lipinski definition) is 0. The van der Waals surface area contributed by atoms with Gasteiger partial charge in [0.05, 0.1) is 0 Å². The summed E-state index contributed by atoms with van der Waals surface area (Å²) in [6.45, 7) is -1.24. The predicted molar refractivity (Wildman–Crippen MR) is 44.5 cm³/mol. The van der Waals surface area contributed by atoms with Gasteiger partial charge in [0.2, 0.25) is 5.88 Å². The van der Waals surface area contributed by atoms with Crippen LogP contribution in [0.1, 0.15) is 23.8 Å². The lowest BCUT2D eigenvalue weighted by molar-refractivity contribution is -0.0531. The Balaban J connectivity index is 2.87. The largest absolute Gasteiger partial charge is 0.415 e. The average molecular weight is 204 g/mol. The molecule has 0 fully saturated rings. The van der Waals surface area contributed by atoms with Crippen LogP contribution >= 0.6 is 0 Å². The van der Waals surface area contributed by atoms with E-state index in [1.807, 2.05) is 0 Å². The molecule has 0 saturated heterocycles. The van der Waals surface area contributed by atoms with Crippen molar-refractivity contribution >= 4 is 5.78 Å². The molecular weight excluding hydrogens is 194 g/mol. The highest BCUT2D eigenvalue weighted by Gasteiger charge is 2.14. The second-order valence-corrected chi connectivity index (χ2v) is 2.65. The van der Waals surface area contributed by atoms with Crippen LogP contribution in [0.15, 0.2) is 6.07 Å². The molecule has 0 bridgehead atoms. The van der Waals surface area contributed by atoms with Crippen molar-refractivity contribution in [2.45, 2.75) is 20.0 Å². The highest BCUT2D eigenvalue weighted by Crippen LogP contribution is 2.14. The number of ketones is 1. The summed E-state index contributed by atoms with van der Waals surface area (Å²) in [7, 11) is 1.50. The number of aromatic nitrogens is 2. The molecule has 0 saturated carbocycles. The number of aryl methyl sites for hydroxylation is 1. The lowest BCUT2D eigenvalue weighted by Crippen LogP contribution is -2.05. The molecule has 0 aliphatic rings. The Morgan fingerprint density at radius 1 is 1.71 bits per heavy atom. The highest BCUT2D eigenvalue weighted by atomic mass is 19.3. The maximum atomic E-state index is 11.8. The number of carbonyl (C=O) groups excluding carboxylic acids is 1. The zero-order valence-corrected chi connectivity index (χ0v) is 7.83. The van der Waals surface area contributed by atoms with Crippen LogP contribution in [0.2, 0.25) is 0 Å². The van der Waals surface area contributed by atoms with Gasteiger partial charge in [-0.25, -0.2) is 0 Å². The lowest BCUT2D eigenvalue weighted by Gasteiger charge is -1.96. The standard InChI is InChI=1S/C8H10F2N2O2/c1-3-6(13)5-4-7(11-12(5)2)14-8(9)10/h4,8H,3H2,1-2H3. The molecule has 1 rings (SSSR count). The Bertz CT molecular complexity index is 336. The number of carbonyl (C=O) groups is 1. The molecule has 1 aromatic heterocycles. The van der Waals surface area contributed by atoms with Crippen LogP contribution in [0.3, 0.4) is 0 Å².